The van der Waals surface area contributed by atoms with Gasteiger partial charge in [0.15, 0.2) is 16.7 Å². The Balaban J connectivity index is 2.14. The largest absolute Gasteiger partial charge is 0.491 e. The summed E-state index contributed by atoms with van der Waals surface area (Å²) in [6, 6.07) is 4.85. The highest BCUT2D eigenvalue weighted by Gasteiger charge is 2.08. The summed E-state index contributed by atoms with van der Waals surface area (Å²) in [5.74, 6) is -0.0782. The Morgan fingerprint density at radius 3 is 2.89 bits per heavy atom. The molecule has 1 aromatic heterocycles. The van der Waals surface area contributed by atoms with E-state index in [9.17, 15) is 4.39 Å². The van der Waals surface area contributed by atoms with Crippen LogP contribution >= 0.6 is 11.3 Å². The molecule has 2 N–H and O–H groups in total. The van der Waals surface area contributed by atoms with Crippen LogP contribution < -0.4 is 10.5 Å². The molecule has 0 spiro atoms. The minimum atomic E-state index is -0.366. The van der Waals surface area contributed by atoms with Crippen LogP contribution in [0, 0.1) is 5.82 Å². The molecule has 3 nitrogen and oxygen atoms in total. The number of nitrogens with zero attached hydrogens (tertiary/aromatic N) is 1. The van der Waals surface area contributed by atoms with Crippen LogP contribution in [0.1, 0.15) is 19.8 Å². The van der Waals surface area contributed by atoms with Gasteiger partial charge in [-0.2, -0.15) is 0 Å². The van der Waals surface area contributed by atoms with Crippen molar-refractivity contribution in [3.63, 3.8) is 0 Å². The van der Waals surface area contributed by atoms with Crippen LogP contribution in [0.15, 0.2) is 23.6 Å². The van der Waals surface area contributed by atoms with Crippen LogP contribution in [0.5, 0.6) is 5.75 Å². The lowest BCUT2D eigenvalue weighted by Crippen LogP contribution is -1.98. The number of hydrogen-bond acceptors (Lipinski definition) is 4. The van der Waals surface area contributed by atoms with Crippen molar-refractivity contribution in [2.75, 3.05) is 12.3 Å². The smallest absolute Gasteiger partial charge is 0.180 e. The molecular weight excluding hydrogens is 251 g/mol. The molecule has 96 valence electrons. The molecule has 0 unspecified atom stereocenters. The highest BCUT2D eigenvalue weighted by atomic mass is 32.1. The monoisotopic (exact) mass is 266 g/mol. The lowest BCUT2D eigenvalue weighted by molar-refractivity contribution is 0.294. The first-order valence-electron chi connectivity index (χ1n) is 5.84. The molecule has 1 heterocycles. The fraction of sp³-hybridized carbons (Fsp3) is 0.308. The maximum absolute atomic E-state index is 13.8. The zero-order valence-corrected chi connectivity index (χ0v) is 11.0. The van der Waals surface area contributed by atoms with E-state index in [0.717, 1.165) is 12.8 Å². The molecule has 0 fully saturated rings. The van der Waals surface area contributed by atoms with E-state index in [2.05, 4.69) is 11.9 Å². The lowest BCUT2D eigenvalue weighted by Gasteiger charge is -2.07. The van der Waals surface area contributed by atoms with Crippen molar-refractivity contribution in [1.29, 1.82) is 0 Å². The average molecular weight is 266 g/mol. The third-order valence-corrected chi connectivity index (χ3v) is 3.18. The van der Waals surface area contributed by atoms with Gasteiger partial charge in [0.1, 0.15) is 0 Å². The molecule has 0 aliphatic carbocycles. The average Bonchev–Trinajstić information content (AvgIpc) is 2.78. The van der Waals surface area contributed by atoms with Crippen molar-refractivity contribution < 1.29 is 9.13 Å². The van der Waals surface area contributed by atoms with Gasteiger partial charge in [-0.3, -0.25) is 0 Å². The molecule has 0 bridgehead atoms. The standard InChI is InChI=1S/C13H15FN2OS/c1-2-3-6-17-12-5-4-9(7-10(12)14)11-8-18-13(15)16-11/h4-5,7-8H,2-3,6H2,1H3,(H2,15,16). The number of rotatable bonds is 5. The summed E-state index contributed by atoms with van der Waals surface area (Å²) < 4.78 is 19.1. The normalized spacial score (nSPS) is 10.6. The Morgan fingerprint density at radius 2 is 2.28 bits per heavy atom. The van der Waals surface area contributed by atoms with E-state index in [4.69, 9.17) is 10.5 Å². The fourth-order valence-corrected chi connectivity index (χ4v) is 2.10. The molecule has 0 saturated carbocycles. The van der Waals surface area contributed by atoms with E-state index in [1.165, 1.54) is 17.4 Å². The summed E-state index contributed by atoms with van der Waals surface area (Å²) in [5, 5.41) is 2.29. The molecule has 0 amide bonds. The van der Waals surface area contributed by atoms with E-state index in [-0.39, 0.29) is 11.6 Å². The molecule has 2 aromatic rings. The molecule has 0 aliphatic rings. The summed E-state index contributed by atoms with van der Waals surface area (Å²) in [7, 11) is 0. The van der Waals surface area contributed by atoms with Gasteiger partial charge in [0.05, 0.1) is 12.3 Å². The molecule has 0 aliphatic heterocycles. The number of anilines is 1. The van der Waals surface area contributed by atoms with Crippen LogP contribution in [0.25, 0.3) is 11.3 Å². The van der Waals surface area contributed by atoms with E-state index in [0.29, 0.717) is 23.0 Å². The third-order valence-electron chi connectivity index (χ3n) is 2.51. The molecule has 0 radical (unpaired) electrons. The molecular formula is C13H15FN2OS. The number of aromatic nitrogens is 1. The van der Waals surface area contributed by atoms with Crippen LogP contribution in [0.2, 0.25) is 0 Å². The second-order valence-electron chi connectivity index (χ2n) is 3.92. The van der Waals surface area contributed by atoms with Gasteiger partial charge in [-0.15, -0.1) is 11.3 Å². The second-order valence-corrected chi connectivity index (χ2v) is 4.81. The van der Waals surface area contributed by atoms with E-state index < -0.39 is 0 Å². The molecule has 18 heavy (non-hydrogen) atoms. The van der Waals surface area contributed by atoms with Gasteiger partial charge < -0.3 is 10.5 Å². The van der Waals surface area contributed by atoms with Gasteiger partial charge in [-0.05, 0) is 24.6 Å². The maximum Gasteiger partial charge on any atom is 0.180 e. The van der Waals surface area contributed by atoms with Gasteiger partial charge in [-0.25, -0.2) is 9.37 Å². The van der Waals surface area contributed by atoms with Crippen molar-refractivity contribution in [2.45, 2.75) is 19.8 Å². The molecule has 0 atom stereocenters. The Bertz CT molecular complexity index is 527. The third kappa shape index (κ3) is 2.98. The van der Waals surface area contributed by atoms with Crippen LogP contribution in [-0.2, 0) is 0 Å². The minimum Gasteiger partial charge on any atom is -0.491 e. The summed E-state index contributed by atoms with van der Waals surface area (Å²) in [6.45, 7) is 2.60. The van der Waals surface area contributed by atoms with Gasteiger partial charge >= 0.3 is 0 Å². The van der Waals surface area contributed by atoms with Gasteiger partial charge in [0.25, 0.3) is 0 Å². The van der Waals surface area contributed by atoms with E-state index in [1.807, 2.05) is 5.38 Å². The lowest BCUT2D eigenvalue weighted by atomic mass is 10.1. The molecule has 5 heteroatoms. The van der Waals surface area contributed by atoms with Crippen molar-refractivity contribution >= 4 is 16.5 Å². The maximum atomic E-state index is 13.8. The fourth-order valence-electron chi connectivity index (χ4n) is 1.52. The number of thiazole rings is 1. The number of benzene rings is 1. The summed E-state index contributed by atoms with van der Waals surface area (Å²) in [5.41, 5.74) is 6.96. The predicted molar refractivity (Wildman–Crippen MR) is 72.3 cm³/mol. The van der Waals surface area contributed by atoms with Crippen LogP contribution in [0.4, 0.5) is 9.52 Å². The number of unbranched alkanes of at least 4 members (excludes halogenated alkanes) is 1. The quantitative estimate of drug-likeness (QED) is 0.839. The number of hydrogen-bond donors (Lipinski definition) is 1. The number of nitrogens with two attached hydrogens (primary N) is 1. The molecule has 2 rings (SSSR count). The topological polar surface area (TPSA) is 48.1 Å². The Labute approximate surface area is 109 Å². The highest BCUT2D eigenvalue weighted by molar-refractivity contribution is 7.13. The molecule has 0 saturated heterocycles. The number of halogens is 1. The second kappa shape index (κ2) is 5.82. The zero-order chi connectivity index (χ0) is 13.0. The van der Waals surface area contributed by atoms with Crippen LogP contribution in [0.3, 0.4) is 0 Å². The highest BCUT2D eigenvalue weighted by Crippen LogP contribution is 2.27. The number of nitrogen functional groups attached to an aromatic ring is 1. The number of ether oxygens (including phenoxy) is 1. The molecule has 1 aromatic carbocycles. The summed E-state index contributed by atoms with van der Waals surface area (Å²) in [6.07, 6.45) is 1.95. The van der Waals surface area contributed by atoms with Crippen molar-refractivity contribution in [3.05, 3.63) is 29.4 Å². The van der Waals surface area contributed by atoms with Gasteiger partial charge in [0.2, 0.25) is 0 Å². The van der Waals surface area contributed by atoms with Gasteiger partial charge in [-0.1, -0.05) is 13.3 Å². The summed E-state index contributed by atoms with van der Waals surface area (Å²) in [4.78, 5) is 4.12. The van der Waals surface area contributed by atoms with Crippen molar-refractivity contribution in [1.82, 2.24) is 4.98 Å². The zero-order valence-electron chi connectivity index (χ0n) is 10.1. The minimum absolute atomic E-state index is 0.287. The van der Waals surface area contributed by atoms with E-state index in [1.54, 1.807) is 12.1 Å². The van der Waals surface area contributed by atoms with Gasteiger partial charge in [0, 0.05) is 10.9 Å². The Morgan fingerprint density at radius 1 is 1.44 bits per heavy atom. The van der Waals surface area contributed by atoms with Crippen LogP contribution in [-0.4, -0.2) is 11.6 Å². The SMILES string of the molecule is CCCCOc1ccc(-c2csc(N)n2)cc1F. The summed E-state index contributed by atoms with van der Waals surface area (Å²) >= 11 is 1.34. The predicted octanol–water partition coefficient (Wildman–Crippen LogP) is 3.71. The van der Waals surface area contributed by atoms with Crippen molar-refractivity contribution in [2.24, 2.45) is 0 Å². The Hall–Kier alpha value is -1.62. The van der Waals surface area contributed by atoms with E-state index >= 15 is 0 Å². The first-order chi connectivity index (χ1) is 8.70. The van der Waals surface area contributed by atoms with Crippen molar-refractivity contribution in [3.8, 4) is 17.0 Å². The first-order valence-corrected chi connectivity index (χ1v) is 6.72. The first kappa shape index (κ1) is 12.8. The Kier molecular flexibility index (Phi) is 4.15.